The Bertz CT molecular complexity index is 796. The number of ether oxygens (including phenoxy) is 3. The second-order valence-corrected chi connectivity index (χ2v) is 9.33. The molecule has 170 valence electrons. The van der Waals surface area contributed by atoms with E-state index in [4.69, 9.17) is 18.6 Å². The van der Waals surface area contributed by atoms with Crippen LogP contribution in [-0.2, 0) is 30.4 Å². The summed E-state index contributed by atoms with van der Waals surface area (Å²) in [7, 11) is 1.57. The summed E-state index contributed by atoms with van der Waals surface area (Å²) in [6, 6.07) is 3.12. The number of methoxy groups -OCH3 is 1. The lowest BCUT2D eigenvalue weighted by molar-refractivity contribution is -0.147. The predicted molar refractivity (Wildman–Crippen MR) is 111 cm³/mol. The van der Waals surface area contributed by atoms with Gasteiger partial charge in [-0.05, 0) is 30.9 Å². The number of hydrogen-bond acceptors (Lipinski definition) is 8. The number of hydrogen-bond donors (Lipinski definition) is 0. The quantitative estimate of drug-likeness (QED) is 0.553. The van der Waals surface area contributed by atoms with Crippen molar-refractivity contribution in [1.82, 2.24) is 9.80 Å². The number of imide groups is 1. The van der Waals surface area contributed by atoms with Crippen molar-refractivity contribution in [2.45, 2.75) is 43.1 Å². The van der Waals surface area contributed by atoms with Crippen LogP contribution in [0.15, 0.2) is 22.8 Å². The molecule has 0 spiro atoms. The fourth-order valence-electron chi connectivity index (χ4n) is 4.42. The molecule has 0 saturated carbocycles. The SMILES string of the molecule is COCCN1C(=O)N(CC2CCCO2)C(=O)C2C(C)C(C(=O)OCc3ccco3)SC21. The summed E-state index contributed by atoms with van der Waals surface area (Å²) < 4.78 is 21.5. The molecule has 3 aliphatic heterocycles. The lowest BCUT2D eigenvalue weighted by atomic mass is 9.88. The number of carbonyl (C=O) groups is 3. The Morgan fingerprint density at radius 2 is 2.19 bits per heavy atom. The number of esters is 1. The summed E-state index contributed by atoms with van der Waals surface area (Å²) in [5, 5.41) is -0.971. The minimum atomic E-state index is -0.547. The maximum atomic E-state index is 13.4. The second-order valence-electron chi connectivity index (χ2n) is 8.07. The van der Waals surface area contributed by atoms with Crippen LogP contribution in [-0.4, -0.2) is 77.8 Å². The Hall–Kier alpha value is -2.04. The zero-order chi connectivity index (χ0) is 22.0. The minimum Gasteiger partial charge on any atom is -0.466 e. The van der Waals surface area contributed by atoms with E-state index < -0.39 is 22.5 Å². The smallest absolute Gasteiger partial charge is 0.327 e. The molecule has 10 heteroatoms. The largest absolute Gasteiger partial charge is 0.466 e. The molecule has 0 radical (unpaired) electrons. The molecule has 3 aliphatic rings. The first kappa shape index (κ1) is 22.2. The molecule has 1 aromatic rings. The maximum absolute atomic E-state index is 13.4. The standard InChI is InChI=1S/C21H28N2O7S/c1-13-16-18(24)23(11-14-5-3-8-28-14)21(26)22(7-10-27-2)19(16)31-17(13)20(25)30-12-15-6-4-9-29-15/h4,6,9,13-14,16-17,19H,3,5,7-8,10-12H2,1-2H3. The summed E-state index contributed by atoms with van der Waals surface area (Å²) in [6.45, 7) is 3.50. The molecule has 0 N–H and O–H groups in total. The van der Waals surface area contributed by atoms with Crippen molar-refractivity contribution in [2.24, 2.45) is 11.8 Å². The van der Waals surface area contributed by atoms with E-state index >= 15 is 0 Å². The van der Waals surface area contributed by atoms with Gasteiger partial charge in [-0.1, -0.05) is 6.92 Å². The van der Waals surface area contributed by atoms with Crippen molar-refractivity contribution in [1.29, 1.82) is 0 Å². The van der Waals surface area contributed by atoms with Gasteiger partial charge in [-0.2, -0.15) is 0 Å². The number of rotatable bonds is 8. The number of thioether (sulfide) groups is 1. The van der Waals surface area contributed by atoms with Crippen LogP contribution < -0.4 is 0 Å². The Morgan fingerprint density at radius 3 is 2.87 bits per heavy atom. The summed E-state index contributed by atoms with van der Waals surface area (Å²) in [5.41, 5.74) is 0. The first-order chi connectivity index (χ1) is 15.0. The predicted octanol–water partition coefficient (Wildman–Crippen LogP) is 2.11. The number of carbonyl (C=O) groups excluding carboxylic acids is 3. The zero-order valence-electron chi connectivity index (χ0n) is 17.7. The van der Waals surface area contributed by atoms with Crippen molar-refractivity contribution < 1.29 is 33.0 Å². The average Bonchev–Trinajstić information content (AvgIpc) is 3.51. The molecule has 4 rings (SSSR count). The van der Waals surface area contributed by atoms with Crippen LogP contribution in [0.25, 0.3) is 0 Å². The topological polar surface area (TPSA) is 98.5 Å². The van der Waals surface area contributed by atoms with Crippen LogP contribution in [0.4, 0.5) is 4.79 Å². The van der Waals surface area contributed by atoms with E-state index in [2.05, 4.69) is 0 Å². The van der Waals surface area contributed by atoms with Crippen molar-refractivity contribution in [2.75, 3.05) is 33.4 Å². The van der Waals surface area contributed by atoms with Crippen LogP contribution in [0.2, 0.25) is 0 Å². The molecule has 31 heavy (non-hydrogen) atoms. The van der Waals surface area contributed by atoms with E-state index in [1.54, 1.807) is 24.1 Å². The molecule has 5 atom stereocenters. The average molecular weight is 453 g/mol. The van der Waals surface area contributed by atoms with E-state index in [1.165, 1.54) is 22.9 Å². The van der Waals surface area contributed by atoms with Crippen LogP contribution in [0, 0.1) is 11.8 Å². The molecule has 9 nitrogen and oxygen atoms in total. The molecule has 3 fully saturated rings. The first-order valence-electron chi connectivity index (χ1n) is 10.6. The van der Waals surface area contributed by atoms with Crippen LogP contribution in [0.5, 0.6) is 0 Å². The van der Waals surface area contributed by atoms with Crippen LogP contribution in [0.1, 0.15) is 25.5 Å². The molecule has 1 aromatic heterocycles. The highest BCUT2D eigenvalue weighted by Crippen LogP contribution is 2.48. The van der Waals surface area contributed by atoms with Gasteiger partial charge >= 0.3 is 12.0 Å². The Morgan fingerprint density at radius 1 is 1.35 bits per heavy atom. The third kappa shape index (κ3) is 4.47. The van der Waals surface area contributed by atoms with Crippen molar-refractivity contribution in [3.05, 3.63) is 24.2 Å². The van der Waals surface area contributed by atoms with E-state index in [0.29, 0.717) is 25.5 Å². The number of nitrogens with zero attached hydrogens (tertiary/aromatic N) is 2. The van der Waals surface area contributed by atoms with Gasteiger partial charge in [0.25, 0.3) is 0 Å². The molecule has 0 aromatic carbocycles. The van der Waals surface area contributed by atoms with Crippen molar-refractivity contribution in [3.63, 3.8) is 0 Å². The second kappa shape index (κ2) is 9.62. The van der Waals surface area contributed by atoms with Gasteiger partial charge in [-0.3, -0.25) is 14.5 Å². The molecule has 3 saturated heterocycles. The number of fused-ring (bicyclic) bond motifs is 1. The Labute approximate surface area is 185 Å². The lowest BCUT2D eigenvalue weighted by Crippen LogP contribution is -2.62. The monoisotopic (exact) mass is 452 g/mol. The maximum Gasteiger partial charge on any atom is 0.327 e. The van der Waals surface area contributed by atoms with Gasteiger partial charge in [-0.15, -0.1) is 11.8 Å². The summed E-state index contributed by atoms with van der Waals surface area (Å²) >= 11 is 1.32. The van der Waals surface area contributed by atoms with Gasteiger partial charge in [-0.25, -0.2) is 4.79 Å². The van der Waals surface area contributed by atoms with Gasteiger partial charge in [0.2, 0.25) is 5.91 Å². The Balaban J connectivity index is 1.50. The lowest BCUT2D eigenvalue weighted by Gasteiger charge is -2.42. The van der Waals surface area contributed by atoms with Gasteiger partial charge in [0.05, 0.1) is 36.8 Å². The summed E-state index contributed by atoms with van der Waals surface area (Å²) in [6.07, 6.45) is 3.14. The minimum absolute atomic E-state index is 0.0381. The number of amides is 3. The van der Waals surface area contributed by atoms with E-state index in [-0.39, 0.29) is 37.1 Å². The van der Waals surface area contributed by atoms with E-state index in [1.807, 2.05) is 6.92 Å². The highest BCUT2D eigenvalue weighted by molar-refractivity contribution is 8.01. The third-order valence-electron chi connectivity index (χ3n) is 6.09. The fraction of sp³-hybridized carbons (Fsp3) is 0.667. The first-order valence-corrected chi connectivity index (χ1v) is 11.5. The molecule has 3 amide bonds. The van der Waals surface area contributed by atoms with Gasteiger partial charge in [0.1, 0.15) is 17.6 Å². The fourth-order valence-corrected chi connectivity index (χ4v) is 6.19. The third-order valence-corrected chi connectivity index (χ3v) is 7.83. The number of furan rings is 1. The van der Waals surface area contributed by atoms with E-state index in [0.717, 1.165) is 12.8 Å². The Kier molecular flexibility index (Phi) is 6.88. The summed E-state index contributed by atoms with van der Waals surface area (Å²) in [5.74, 6) is -0.850. The van der Waals surface area contributed by atoms with Crippen molar-refractivity contribution >= 4 is 29.7 Å². The van der Waals surface area contributed by atoms with Crippen LogP contribution >= 0.6 is 11.8 Å². The van der Waals surface area contributed by atoms with Gasteiger partial charge in [0.15, 0.2) is 0 Å². The number of urea groups is 1. The molecule has 5 unspecified atom stereocenters. The van der Waals surface area contributed by atoms with Gasteiger partial charge in [0, 0.05) is 20.3 Å². The summed E-state index contributed by atoms with van der Waals surface area (Å²) in [4.78, 5) is 42.3. The highest BCUT2D eigenvalue weighted by atomic mass is 32.2. The molecule has 0 bridgehead atoms. The molecule has 0 aliphatic carbocycles. The zero-order valence-corrected chi connectivity index (χ0v) is 18.5. The molecule has 4 heterocycles. The van der Waals surface area contributed by atoms with Crippen molar-refractivity contribution in [3.8, 4) is 0 Å². The molecular formula is C21H28N2O7S. The van der Waals surface area contributed by atoms with Gasteiger partial charge < -0.3 is 23.5 Å². The highest BCUT2D eigenvalue weighted by Gasteiger charge is 2.57. The van der Waals surface area contributed by atoms with E-state index in [9.17, 15) is 14.4 Å². The molecular weight excluding hydrogens is 424 g/mol. The normalized spacial score (nSPS) is 30.7. The van der Waals surface area contributed by atoms with Crippen LogP contribution in [0.3, 0.4) is 0 Å².